The van der Waals surface area contributed by atoms with Crippen LogP contribution in [0.4, 0.5) is 8.78 Å². The number of amides is 2. The molecule has 1 fully saturated rings. The van der Waals surface area contributed by atoms with Gasteiger partial charge in [0.2, 0.25) is 11.8 Å². The van der Waals surface area contributed by atoms with Gasteiger partial charge in [-0.15, -0.1) is 0 Å². The molecule has 1 heterocycles. The average Bonchev–Trinajstić information content (AvgIpc) is 2.32. The number of carbonyl (C=O) groups is 2. The van der Waals surface area contributed by atoms with Gasteiger partial charge in [0.05, 0.1) is 0 Å². The molecule has 108 valence electrons. The monoisotopic (exact) mass is 281 g/mol. The van der Waals surface area contributed by atoms with E-state index in [0.717, 1.165) is 12.1 Å². The van der Waals surface area contributed by atoms with Crippen molar-refractivity contribution in [3.63, 3.8) is 0 Å². The maximum atomic E-state index is 13.9. The van der Waals surface area contributed by atoms with Crippen molar-refractivity contribution in [1.29, 1.82) is 0 Å². The molecule has 0 aromatic heterocycles. The van der Waals surface area contributed by atoms with Crippen LogP contribution in [-0.2, 0) is 9.59 Å². The first-order valence-corrected chi connectivity index (χ1v) is 6.67. The minimum absolute atomic E-state index is 0.0685. The third-order valence-corrected chi connectivity index (χ3v) is 3.59. The van der Waals surface area contributed by atoms with Crippen LogP contribution < -0.4 is 5.32 Å². The zero-order valence-corrected chi connectivity index (χ0v) is 11.5. The summed E-state index contributed by atoms with van der Waals surface area (Å²) in [5.74, 6) is -3.46. The molecule has 1 aromatic carbocycles. The Hall–Kier alpha value is -1.78. The van der Waals surface area contributed by atoms with Gasteiger partial charge < -0.3 is 0 Å². The maximum absolute atomic E-state index is 13.9. The Morgan fingerprint density at radius 2 is 1.85 bits per heavy atom. The quantitative estimate of drug-likeness (QED) is 0.866. The van der Waals surface area contributed by atoms with Gasteiger partial charge in [-0.25, -0.2) is 8.78 Å². The van der Waals surface area contributed by atoms with Gasteiger partial charge in [0.1, 0.15) is 11.6 Å². The van der Waals surface area contributed by atoms with E-state index < -0.39 is 35.3 Å². The summed E-state index contributed by atoms with van der Waals surface area (Å²) in [7, 11) is 0. The molecule has 1 saturated heterocycles. The summed E-state index contributed by atoms with van der Waals surface area (Å²) in [6.07, 6.45) is 0.415. The number of rotatable bonds is 3. The number of halogens is 2. The molecule has 3 nitrogen and oxygen atoms in total. The Bertz CT molecular complexity index is 522. The van der Waals surface area contributed by atoms with Crippen molar-refractivity contribution in [2.24, 2.45) is 11.8 Å². The summed E-state index contributed by atoms with van der Waals surface area (Å²) < 4.78 is 27.8. The fraction of sp³-hybridized carbons (Fsp3) is 0.467. The van der Waals surface area contributed by atoms with Gasteiger partial charge in [0, 0.05) is 23.8 Å². The first-order valence-electron chi connectivity index (χ1n) is 6.67. The van der Waals surface area contributed by atoms with E-state index in [4.69, 9.17) is 0 Å². The largest absolute Gasteiger partial charge is 0.296 e. The fourth-order valence-corrected chi connectivity index (χ4v) is 2.75. The lowest BCUT2D eigenvalue weighted by Gasteiger charge is -2.31. The van der Waals surface area contributed by atoms with E-state index in [1.807, 2.05) is 13.8 Å². The number of hydrogen-bond donors (Lipinski definition) is 1. The van der Waals surface area contributed by atoms with Crippen molar-refractivity contribution in [1.82, 2.24) is 5.32 Å². The second kappa shape index (κ2) is 5.69. The van der Waals surface area contributed by atoms with Crippen molar-refractivity contribution in [3.8, 4) is 0 Å². The van der Waals surface area contributed by atoms with Crippen LogP contribution in [0.5, 0.6) is 0 Å². The average molecular weight is 281 g/mol. The van der Waals surface area contributed by atoms with Gasteiger partial charge in [-0.2, -0.15) is 0 Å². The summed E-state index contributed by atoms with van der Waals surface area (Å²) in [4.78, 5) is 23.5. The van der Waals surface area contributed by atoms with Crippen molar-refractivity contribution in [2.75, 3.05) is 0 Å². The van der Waals surface area contributed by atoms with Crippen molar-refractivity contribution < 1.29 is 18.4 Å². The van der Waals surface area contributed by atoms with Crippen LogP contribution in [0, 0.1) is 23.5 Å². The molecular formula is C15H17F2NO2. The van der Waals surface area contributed by atoms with Crippen LogP contribution in [0.2, 0.25) is 0 Å². The third kappa shape index (κ3) is 2.86. The highest BCUT2D eigenvalue weighted by atomic mass is 19.1. The standard InChI is InChI=1S/C15H17F2NO2/c1-8(2)6-10-9(7-13(19)18-15(10)20)14-11(16)4-3-5-12(14)17/h3-5,8-10H,6-7H2,1-2H3,(H,18,19,20). The van der Waals surface area contributed by atoms with Gasteiger partial charge in [0.15, 0.2) is 0 Å². The van der Waals surface area contributed by atoms with Gasteiger partial charge in [-0.05, 0) is 24.5 Å². The summed E-state index contributed by atoms with van der Waals surface area (Å²) in [6, 6.07) is 3.58. The van der Waals surface area contributed by atoms with Gasteiger partial charge >= 0.3 is 0 Å². The molecular weight excluding hydrogens is 264 g/mol. The van der Waals surface area contributed by atoms with Crippen LogP contribution in [0.15, 0.2) is 18.2 Å². The third-order valence-electron chi connectivity index (χ3n) is 3.59. The Balaban J connectivity index is 2.43. The van der Waals surface area contributed by atoms with E-state index in [9.17, 15) is 18.4 Å². The molecule has 0 radical (unpaired) electrons. The van der Waals surface area contributed by atoms with Gasteiger partial charge in [-0.3, -0.25) is 14.9 Å². The summed E-state index contributed by atoms with van der Waals surface area (Å²) in [5.41, 5.74) is -0.152. The van der Waals surface area contributed by atoms with Crippen molar-refractivity contribution in [3.05, 3.63) is 35.4 Å². The zero-order valence-electron chi connectivity index (χ0n) is 11.5. The first kappa shape index (κ1) is 14.6. The number of hydrogen-bond acceptors (Lipinski definition) is 2. The minimum atomic E-state index is -0.736. The number of imide groups is 1. The lowest BCUT2D eigenvalue weighted by Crippen LogP contribution is -2.45. The summed E-state index contributed by atoms with van der Waals surface area (Å²) >= 11 is 0. The second-order valence-electron chi connectivity index (χ2n) is 5.59. The Morgan fingerprint density at radius 1 is 1.25 bits per heavy atom. The molecule has 0 spiro atoms. The Labute approximate surface area is 116 Å². The van der Waals surface area contributed by atoms with E-state index in [1.54, 1.807) is 0 Å². The zero-order chi connectivity index (χ0) is 14.9. The molecule has 20 heavy (non-hydrogen) atoms. The van der Waals surface area contributed by atoms with Crippen molar-refractivity contribution in [2.45, 2.75) is 32.6 Å². The van der Waals surface area contributed by atoms with E-state index in [1.165, 1.54) is 6.07 Å². The van der Waals surface area contributed by atoms with Crippen LogP contribution in [0.1, 0.15) is 38.2 Å². The molecule has 2 amide bonds. The highest BCUT2D eigenvalue weighted by Crippen LogP contribution is 2.37. The molecule has 1 aliphatic heterocycles. The normalized spacial score (nSPS) is 23.1. The summed E-state index contributed by atoms with van der Waals surface area (Å²) in [6.45, 7) is 3.86. The van der Waals surface area contributed by atoms with Crippen LogP contribution in [0.25, 0.3) is 0 Å². The van der Waals surface area contributed by atoms with Gasteiger partial charge in [0.25, 0.3) is 0 Å². The smallest absolute Gasteiger partial charge is 0.230 e. The predicted molar refractivity (Wildman–Crippen MR) is 69.8 cm³/mol. The molecule has 2 rings (SSSR count). The molecule has 1 aromatic rings. The molecule has 0 aliphatic carbocycles. The number of benzene rings is 1. The van der Waals surface area contributed by atoms with Crippen LogP contribution >= 0.6 is 0 Å². The SMILES string of the molecule is CC(C)CC1C(=O)NC(=O)CC1c1c(F)cccc1F. The molecule has 1 aliphatic rings. The highest BCUT2D eigenvalue weighted by molar-refractivity contribution is 5.99. The molecule has 0 saturated carbocycles. The molecule has 0 bridgehead atoms. The first-order chi connectivity index (χ1) is 9.40. The number of carbonyl (C=O) groups excluding carboxylic acids is 2. The molecule has 5 heteroatoms. The fourth-order valence-electron chi connectivity index (χ4n) is 2.75. The molecule has 2 atom stereocenters. The van der Waals surface area contributed by atoms with Crippen LogP contribution in [0.3, 0.4) is 0 Å². The Morgan fingerprint density at radius 3 is 2.40 bits per heavy atom. The van der Waals surface area contributed by atoms with E-state index in [2.05, 4.69) is 5.32 Å². The Kier molecular flexibility index (Phi) is 4.16. The van der Waals surface area contributed by atoms with E-state index in [0.29, 0.717) is 6.42 Å². The predicted octanol–water partition coefficient (Wildman–Crippen LogP) is 2.76. The lowest BCUT2D eigenvalue weighted by atomic mass is 9.76. The number of nitrogens with one attached hydrogen (secondary N) is 1. The van der Waals surface area contributed by atoms with E-state index >= 15 is 0 Å². The maximum Gasteiger partial charge on any atom is 0.230 e. The minimum Gasteiger partial charge on any atom is -0.296 e. The van der Waals surface area contributed by atoms with Crippen LogP contribution in [-0.4, -0.2) is 11.8 Å². The van der Waals surface area contributed by atoms with E-state index in [-0.39, 0.29) is 17.9 Å². The molecule has 1 N–H and O–H groups in total. The van der Waals surface area contributed by atoms with Gasteiger partial charge in [-0.1, -0.05) is 19.9 Å². The highest BCUT2D eigenvalue weighted by Gasteiger charge is 2.39. The van der Waals surface area contributed by atoms with Crippen molar-refractivity contribution >= 4 is 11.8 Å². The topological polar surface area (TPSA) is 46.2 Å². The lowest BCUT2D eigenvalue weighted by molar-refractivity contribution is -0.137. The summed E-state index contributed by atoms with van der Waals surface area (Å²) in [5, 5.41) is 2.25. The second-order valence-corrected chi connectivity index (χ2v) is 5.59. The molecule has 2 unspecified atom stereocenters. The number of piperidine rings is 1.